The van der Waals surface area contributed by atoms with Crippen molar-refractivity contribution in [1.29, 1.82) is 0 Å². The third-order valence-corrected chi connectivity index (χ3v) is 7.38. The van der Waals surface area contributed by atoms with Gasteiger partial charge in [0.2, 0.25) is 11.5 Å². The van der Waals surface area contributed by atoms with E-state index in [2.05, 4.69) is 10.3 Å². The molecule has 1 unspecified atom stereocenters. The molecular formula is C29H27F4N3O6. The molecule has 2 amide bonds. The van der Waals surface area contributed by atoms with Crippen LogP contribution in [0.5, 0.6) is 17.2 Å². The van der Waals surface area contributed by atoms with Crippen LogP contribution in [0.4, 0.5) is 17.6 Å². The molecule has 1 aliphatic heterocycles. The number of hydrogen-bond donors (Lipinski definition) is 3. The number of halogens is 4. The Hall–Kier alpha value is -4.39. The molecule has 1 saturated carbocycles. The summed E-state index contributed by atoms with van der Waals surface area (Å²) in [6.07, 6.45) is -3.54. The number of ether oxygens (including phenoxy) is 3. The summed E-state index contributed by atoms with van der Waals surface area (Å²) in [6, 6.07) is 9.73. The summed E-state index contributed by atoms with van der Waals surface area (Å²) in [4.78, 5) is 29.4. The van der Waals surface area contributed by atoms with Crippen LogP contribution in [0.1, 0.15) is 41.4 Å². The minimum Gasteiger partial charge on any atom is -0.493 e. The van der Waals surface area contributed by atoms with Crippen LogP contribution in [0.3, 0.4) is 0 Å². The zero-order valence-electron chi connectivity index (χ0n) is 22.5. The van der Waals surface area contributed by atoms with Gasteiger partial charge in [0.1, 0.15) is 29.3 Å². The number of aliphatic hydroxyl groups is 1. The summed E-state index contributed by atoms with van der Waals surface area (Å²) < 4.78 is 74.0. The average Bonchev–Trinajstić information content (AvgIpc) is 3.71. The second kappa shape index (κ2) is 10.5. The first-order valence-corrected chi connectivity index (χ1v) is 12.9. The van der Waals surface area contributed by atoms with Crippen molar-refractivity contribution in [3.8, 4) is 28.5 Å². The van der Waals surface area contributed by atoms with E-state index in [1.165, 1.54) is 44.4 Å². The Bertz CT molecular complexity index is 1540. The molecule has 42 heavy (non-hydrogen) atoms. The molecule has 2 aromatic carbocycles. The normalized spacial score (nSPS) is 19.3. The molecule has 0 saturated heterocycles. The van der Waals surface area contributed by atoms with Gasteiger partial charge in [-0.15, -0.1) is 0 Å². The van der Waals surface area contributed by atoms with Crippen molar-refractivity contribution >= 4 is 11.8 Å². The second-order valence-corrected chi connectivity index (χ2v) is 10.4. The van der Waals surface area contributed by atoms with E-state index in [1.807, 2.05) is 0 Å². The molecule has 222 valence electrons. The lowest BCUT2D eigenvalue weighted by atomic mass is 9.81. The number of fused-ring (bicyclic) bond motifs is 1. The monoisotopic (exact) mass is 589 g/mol. The Morgan fingerprint density at radius 3 is 2.43 bits per heavy atom. The zero-order valence-corrected chi connectivity index (χ0v) is 22.5. The molecule has 0 spiro atoms. The fourth-order valence-electron chi connectivity index (χ4n) is 4.52. The maximum Gasteiger partial charge on any atom is 0.424 e. The number of aromatic nitrogens is 1. The van der Waals surface area contributed by atoms with Gasteiger partial charge in [-0.3, -0.25) is 9.59 Å². The molecular weight excluding hydrogens is 562 g/mol. The van der Waals surface area contributed by atoms with Crippen molar-refractivity contribution in [1.82, 2.24) is 10.3 Å². The Balaban J connectivity index is 1.53. The number of nitrogens with two attached hydrogens (primary N) is 1. The number of pyridine rings is 1. The Kier molecular flexibility index (Phi) is 7.25. The minimum atomic E-state index is -5.34. The first-order valence-electron chi connectivity index (χ1n) is 12.9. The number of benzene rings is 2. The average molecular weight is 590 g/mol. The predicted octanol–water partition coefficient (Wildman–Crippen LogP) is 3.75. The molecule has 1 aliphatic carbocycles. The number of hydrogen-bond acceptors (Lipinski definition) is 7. The smallest absolute Gasteiger partial charge is 0.424 e. The highest BCUT2D eigenvalue weighted by Crippen LogP contribution is 2.47. The van der Waals surface area contributed by atoms with E-state index in [9.17, 15) is 32.3 Å². The molecule has 2 aliphatic rings. The molecule has 5 rings (SSSR count). The maximum absolute atomic E-state index is 14.6. The second-order valence-electron chi connectivity index (χ2n) is 10.4. The Morgan fingerprint density at radius 1 is 1.14 bits per heavy atom. The van der Waals surface area contributed by atoms with E-state index in [1.54, 1.807) is 0 Å². The number of alkyl halides is 3. The molecule has 3 aromatic rings. The highest BCUT2D eigenvalue weighted by Gasteiger charge is 2.57. The van der Waals surface area contributed by atoms with E-state index < -0.39 is 47.1 Å². The molecule has 13 heteroatoms. The first kappa shape index (κ1) is 29.1. The standard InChI is InChI=1S/C29H27F4N3O6/c1-27(26(34)38)14-41-24-19(27)12-22(36-23(24)15-3-6-17(30)7-4-15)28(39,29(31,32)33)13-35-25(37)16-5-10-20(21(11-16)40-2)42-18-8-9-18/h3-7,10-12,18,39H,8-9,13-14H2,1-2H3,(H2,34,38)(H,35,37)/t27-,28?/m0/s1. The highest BCUT2D eigenvalue weighted by molar-refractivity contribution is 5.95. The number of carbonyl (C=O) groups is 2. The summed E-state index contributed by atoms with van der Waals surface area (Å²) in [5.41, 5.74) is -0.696. The topological polar surface area (TPSA) is 133 Å². The number of carbonyl (C=O) groups excluding carboxylic acids is 2. The SMILES string of the molecule is COc1cc(C(=O)NCC(O)(c2cc3c(c(-c4ccc(F)cc4)n2)OC[C@]3(C)C(N)=O)C(F)(F)F)ccc1OC1CC1. The van der Waals surface area contributed by atoms with Crippen molar-refractivity contribution < 1.29 is 46.5 Å². The number of nitrogens with one attached hydrogen (secondary N) is 1. The van der Waals surface area contributed by atoms with Crippen molar-refractivity contribution in [3.05, 3.63) is 71.2 Å². The van der Waals surface area contributed by atoms with E-state index in [0.717, 1.165) is 31.0 Å². The molecule has 4 N–H and O–H groups in total. The summed E-state index contributed by atoms with van der Waals surface area (Å²) in [5, 5.41) is 13.3. The van der Waals surface area contributed by atoms with Gasteiger partial charge in [-0.05, 0) is 68.3 Å². The lowest BCUT2D eigenvalue weighted by Gasteiger charge is -2.31. The number of rotatable bonds is 9. The number of primary amides is 1. The summed E-state index contributed by atoms with van der Waals surface area (Å²) in [5.74, 6) is -1.84. The van der Waals surface area contributed by atoms with Crippen molar-refractivity contribution in [2.75, 3.05) is 20.3 Å². The van der Waals surface area contributed by atoms with Gasteiger partial charge in [0.05, 0.1) is 25.5 Å². The van der Waals surface area contributed by atoms with Crippen molar-refractivity contribution in [2.24, 2.45) is 5.73 Å². The molecule has 0 radical (unpaired) electrons. The number of nitrogens with zero attached hydrogens (tertiary/aromatic N) is 1. The zero-order chi connectivity index (χ0) is 30.4. The molecule has 2 heterocycles. The van der Waals surface area contributed by atoms with Crippen LogP contribution in [0, 0.1) is 5.82 Å². The molecule has 9 nitrogen and oxygen atoms in total. The predicted molar refractivity (Wildman–Crippen MR) is 141 cm³/mol. The molecule has 1 aromatic heterocycles. The van der Waals surface area contributed by atoms with Crippen LogP contribution in [0.25, 0.3) is 11.3 Å². The lowest BCUT2D eigenvalue weighted by molar-refractivity contribution is -0.265. The quantitative estimate of drug-likeness (QED) is 0.324. The molecule has 0 bridgehead atoms. The van der Waals surface area contributed by atoms with E-state index in [4.69, 9.17) is 19.9 Å². The van der Waals surface area contributed by atoms with Crippen LogP contribution in [-0.2, 0) is 15.8 Å². The first-order chi connectivity index (χ1) is 19.8. The summed E-state index contributed by atoms with van der Waals surface area (Å²) in [7, 11) is 1.36. The van der Waals surface area contributed by atoms with Crippen LogP contribution < -0.4 is 25.3 Å². The molecule has 2 atom stereocenters. The fraction of sp³-hybridized carbons (Fsp3) is 0.345. The molecule has 1 fully saturated rings. The van der Waals surface area contributed by atoms with E-state index in [-0.39, 0.29) is 46.6 Å². The summed E-state index contributed by atoms with van der Waals surface area (Å²) in [6.45, 7) is -0.237. The third kappa shape index (κ3) is 5.20. The van der Waals surface area contributed by atoms with Gasteiger partial charge >= 0.3 is 6.18 Å². The third-order valence-electron chi connectivity index (χ3n) is 7.38. The highest BCUT2D eigenvalue weighted by atomic mass is 19.4. The van der Waals surface area contributed by atoms with E-state index in [0.29, 0.717) is 5.75 Å². The van der Waals surface area contributed by atoms with Gasteiger partial charge in [0, 0.05) is 16.7 Å². The lowest BCUT2D eigenvalue weighted by Crippen LogP contribution is -2.51. The van der Waals surface area contributed by atoms with Crippen LogP contribution in [0.2, 0.25) is 0 Å². The number of amides is 2. The minimum absolute atomic E-state index is 0.0270. The van der Waals surface area contributed by atoms with Crippen molar-refractivity contribution in [3.63, 3.8) is 0 Å². The van der Waals surface area contributed by atoms with Crippen LogP contribution >= 0.6 is 0 Å². The van der Waals surface area contributed by atoms with Gasteiger partial charge in [-0.1, -0.05) is 0 Å². The van der Waals surface area contributed by atoms with Gasteiger partial charge in [-0.25, -0.2) is 9.37 Å². The van der Waals surface area contributed by atoms with Gasteiger partial charge in [-0.2, -0.15) is 13.2 Å². The van der Waals surface area contributed by atoms with Gasteiger partial charge < -0.3 is 30.4 Å². The van der Waals surface area contributed by atoms with Crippen LogP contribution in [-0.4, -0.2) is 54.4 Å². The Morgan fingerprint density at radius 2 is 1.83 bits per heavy atom. The van der Waals surface area contributed by atoms with Gasteiger partial charge in [0.15, 0.2) is 11.5 Å². The maximum atomic E-state index is 14.6. The van der Waals surface area contributed by atoms with Gasteiger partial charge in [0.25, 0.3) is 5.91 Å². The van der Waals surface area contributed by atoms with Crippen LogP contribution in [0.15, 0.2) is 48.5 Å². The number of methoxy groups -OCH3 is 1. The van der Waals surface area contributed by atoms with Crippen molar-refractivity contribution in [2.45, 2.75) is 43.1 Å². The summed E-state index contributed by atoms with van der Waals surface area (Å²) >= 11 is 0. The fourth-order valence-corrected chi connectivity index (χ4v) is 4.52. The van der Waals surface area contributed by atoms with E-state index >= 15 is 0 Å². The largest absolute Gasteiger partial charge is 0.493 e. The Labute approximate surface area is 237 Å².